The van der Waals surface area contributed by atoms with Crippen LogP contribution in [0.25, 0.3) is 44.6 Å². The van der Waals surface area contributed by atoms with E-state index in [-0.39, 0.29) is 0 Å². The standard InChI is InChI=1S/C21H14BrN3/c22-14-11-9-13(10-12-14)20-19(15-5-1-2-6-16(15)23-20)21-24-17-7-3-4-8-18(17)25-21/h1-12,23H,(H,24,25). The topological polar surface area (TPSA) is 44.5 Å². The molecule has 3 nitrogen and oxygen atoms in total. The summed E-state index contributed by atoms with van der Waals surface area (Å²) in [5, 5.41) is 1.17. The molecule has 0 saturated carbocycles. The van der Waals surface area contributed by atoms with Gasteiger partial charge in [0.15, 0.2) is 0 Å². The summed E-state index contributed by atoms with van der Waals surface area (Å²) in [4.78, 5) is 11.9. The van der Waals surface area contributed by atoms with E-state index >= 15 is 0 Å². The number of nitrogens with zero attached hydrogens (tertiary/aromatic N) is 1. The maximum absolute atomic E-state index is 4.82. The SMILES string of the molecule is Brc1ccc(-c2[nH]c3ccccc3c2-c2nc3ccccc3[nH]2)cc1. The summed E-state index contributed by atoms with van der Waals surface area (Å²) < 4.78 is 1.07. The van der Waals surface area contributed by atoms with E-state index in [1.807, 2.05) is 24.3 Å². The molecule has 0 amide bonds. The Labute approximate surface area is 152 Å². The highest BCUT2D eigenvalue weighted by atomic mass is 79.9. The summed E-state index contributed by atoms with van der Waals surface area (Å²) in [5.74, 6) is 0.886. The van der Waals surface area contributed by atoms with Gasteiger partial charge < -0.3 is 9.97 Å². The summed E-state index contributed by atoms with van der Waals surface area (Å²) in [6, 6.07) is 24.8. The van der Waals surface area contributed by atoms with Gasteiger partial charge in [0.05, 0.1) is 22.3 Å². The second-order valence-corrected chi connectivity index (χ2v) is 6.95. The van der Waals surface area contributed by atoms with Gasteiger partial charge in [-0.15, -0.1) is 0 Å². The first-order valence-corrected chi connectivity index (χ1v) is 8.91. The molecule has 5 aromatic rings. The average molecular weight is 388 g/mol. The third-order valence-electron chi connectivity index (χ3n) is 4.47. The molecule has 0 bridgehead atoms. The van der Waals surface area contributed by atoms with E-state index in [0.717, 1.165) is 43.7 Å². The second-order valence-electron chi connectivity index (χ2n) is 6.03. The van der Waals surface area contributed by atoms with Gasteiger partial charge in [-0.1, -0.05) is 58.4 Å². The van der Waals surface area contributed by atoms with E-state index in [1.54, 1.807) is 0 Å². The number of aromatic amines is 2. The highest BCUT2D eigenvalue weighted by molar-refractivity contribution is 9.10. The highest BCUT2D eigenvalue weighted by Crippen LogP contribution is 2.37. The van der Waals surface area contributed by atoms with Crippen LogP contribution in [0.2, 0.25) is 0 Å². The van der Waals surface area contributed by atoms with Gasteiger partial charge in [-0.05, 0) is 35.9 Å². The molecule has 4 heteroatoms. The van der Waals surface area contributed by atoms with Crippen molar-refractivity contribution in [3.8, 4) is 22.6 Å². The lowest BCUT2D eigenvalue weighted by molar-refractivity contribution is 1.34. The van der Waals surface area contributed by atoms with Crippen LogP contribution in [0.1, 0.15) is 0 Å². The Hall–Kier alpha value is -2.85. The minimum atomic E-state index is 0.886. The highest BCUT2D eigenvalue weighted by Gasteiger charge is 2.17. The van der Waals surface area contributed by atoms with Crippen LogP contribution in [0.4, 0.5) is 0 Å². The van der Waals surface area contributed by atoms with E-state index in [4.69, 9.17) is 4.98 Å². The van der Waals surface area contributed by atoms with Crippen molar-refractivity contribution in [3.05, 3.63) is 77.3 Å². The number of imidazole rings is 1. The van der Waals surface area contributed by atoms with Crippen LogP contribution in [0.15, 0.2) is 77.3 Å². The number of para-hydroxylation sites is 3. The number of nitrogens with one attached hydrogen (secondary N) is 2. The number of benzene rings is 3. The van der Waals surface area contributed by atoms with Gasteiger partial charge in [0.25, 0.3) is 0 Å². The van der Waals surface area contributed by atoms with E-state index in [0.29, 0.717) is 0 Å². The van der Waals surface area contributed by atoms with Crippen LogP contribution in [0.5, 0.6) is 0 Å². The zero-order valence-electron chi connectivity index (χ0n) is 13.3. The smallest absolute Gasteiger partial charge is 0.141 e. The molecular weight excluding hydrogens is 374 g/mol. The zero-order chi connectivity index (χ0) is 16.8. The Kier molecular flexibility index (Phi) is 3.25. The number of H-pyrrole nitrogens is 2. The predicted molar refractivity (Wildman–Crippen MR) is 107 cm³/mol. The summed E-state index contributed by atoms with van der Waals surface area (Å²) >= 11 is 3.51. The number of fused-ring (bicyclic) bond motifs is 2. The Bertz CT molecular complexity index is 1170. The van der Waals surface area contributed by atoms with E-state index in [9.17, 15) is 0 Å². The van der Waals surface area contributed by atoms with Gasteiger partial charge in [-0.2, -0.15) is 0 Å². The molecule has 0 saturated heterocycles. The van der Waals surface area contributed by atoms with Crippen LogP contribution >= 0.6 is 15.9 Å². The molecule has 25 heavy (non-hydrogen) atoms. The van der Waals surface area contributed by atoms with Crippen molar-refractivity contribution in [3.63, 3.8) is 0 Å². The average Bonchev–Trinajstić information content (AvgIpc) is 3.23. The maximum Gasteiger partial charge on any atom is 0.141 e. The fraction of sp³-hybridized carbons (Fsp3) is 0. The number of hydrogen-bond acceptors (Lipinski definition) is 1. The fourth-order valence-electron chi connectivity index (χ4n) is 3.29. The minimum absolute atomic E-state index is 0.886. The molecule has 0 unspecified atom stereocenters. The maximum atomic E-state index is 4.82. The van der Waals surface area contributed by atoms with Crippen LogP contribution in [-0.2, 0) is 0 Å². The molecule has 5 rings (SSSR count). The predicted octanol–water partition coefficient (Wildman–Crippen LogP) is 6.14. The minimum Gasteiger partial charge on any atom is -0.354 e. The zero-order valence-corrected chi connectivity index (χ0v) is 14.8. The van der Waals surface area contributed by atoms with Crippen LogP contribution in [-0.4, -0.2) is 15.0 Å². The molecule has 0 aliphatic rings. The molecule has 0 aliphatic carbocycles. The lowest BCUT2D eigenvalue weighted by atomic mass is 10.0. The van der Waals surface area contributed by atoms with Gasteiger partial charge in [-0.25, -0.2) is 4.98 Å². The summed E-state index contributed by atoms with van der Waals surface area (Å²) in [6.45, 7) is 0. The van der Waals surface area contributed by atoms with Crippen LogP contribution < -0.4 is 0 Å². The molecule has 2 N–H and O–H groups in total. The number of aromatic nitrogens is 3. The van der Waals surface area contributed by atoms with E-state index in [1.165, 1.54) is 5.39 Å². The van der Waals surface area contributed by atoms with Crippen molar-refractivity contribution in [2.24, 2.45) is 0 Å². The molecule has 2 heterocycles. The molecule has 0 atom stereocenters. The number of rotatable bonds is 2. The summed E-state index contributed by atoms with van der Waals surface area (Å²) in [7, 11) is 0. The molecular formula is C21H14BrN3. The normalized spacial score (nSPS) is 11.4. The van der Waals surface area contributed by atoms with Gasteiger partial charge in [0, 0.05) is 15.4 Å². The Morgan fingerprint density at radius 1 is 0.720 bits per heavy atom. The van der Waals surface area contributed by atoms with Crippen molar-refractivity contribution in [2.45, 2.75) is 0 Å². The molecule has 0 spiro atoms. The van der Waals surface area contributed by atoms with Gasteiger partial charge in [0.1, 0.15) is 5.82 Å². The molecule has 0 radical (unpaired) electrons. The first-order valence-electron chi connectivity index (χ1n) is 8.11. The van der Waals surface area contributed by atoms with Gasteiger partial charge >= 0.3 is 0 Å². The number of hydrogen-bond donors (Lipinski definition) is 2. The quantitative estimate of drug-likeness (QED) is 0.375. The number of halogens is 1. The lowest BCUT2D eigenvalue weighted by Crippen LogP contribution is -1.84. The van der Waals surface area contributed by atoms with Crippen molar-refractivity contribution in [1.82, 2.24) is 15.0 Å². The summed E-state index contributed by atoms with van der Waals surface area (Å²) in [5.41, 5.74) is 6.45. The van der Waals surface area contributed by atoms with Gasteiger partial charge in [0.2, 0.25) is 0 Å². The van der Waals surface area contributed by atoms with Crippen molar-refractivity contribution < 1.29 is 0 Å². The van der Waals surface area contributed by atoms with Gasteiger partial charge in [-0.3, -0.25) is 0 Å². The molecule has 3 aromatic carbocycles. The Balaban J connectivity index is 1.83. The Morgan fingerprint density at radius 2 is 1.44 bits per heavy atom. The third-order valence-corrected chi connectivity index (χ3v) is 4.99. The summed E-state index contributed by atoms with van der Waals surface area (Å²) in [6.07, 6.45) is 0. The first kappa shape index (κ1) is 14.5. The van der Waals surface area contributed by atoms with Crippen molar-refractivity contribution in [2.75, 3.05) is 0 Å². The van der Waals surface area contributed by atoms with Crippen molar-refractivity contribution in [1.29, 1.82) is 0 Å². The van der Waals surface area contributed by atoms with E-state index in [2.05, 4.69) is 74.4 Å². The lowest BCUT2D eigenvalue weighted by Gasteiger charge is -2.03. The van der Waals surface area contributed by atoms with E-state index < -0.39 is 0 Å². The molecule has 2 aromatic heterocycles. The molecule has 120 valence electrons. The third kappa shape index (κ3) is 2.37. The van der Waals surface area contributed by atoms with Crippen molar-refractivity contribution >= 4 is 37.9 Å². The first-order chi connectivity index (χ1) is 12.3. The van der Waals surface area contributed by atoms with Crippen LogP contribution in [0.3, 0.4) is 0 Å². The fourth-order valence-corrected chi connectivity index (χ4v) is 3.56. The molecule has 0 aliphatic heterocycles. The Morgan fingerprint density at radius 3 is 2.24 bits per heavy atom. The van der Waals surface area contributed by atoms with Crippen LogP contribution in [0, 0.1) is 0 Å². The largest absolute Gasteiger partial charge is 0.354 e. The molecule has 0 fully saturated rings. The second kappa shape index (κ2) is 5.60. The monoisotopic (exact) mass is 387 g/mol.